The van der Waals surface area contributed by atoms with Crippen molar-refractivity contribution in [1.82, 2.24) is 14.9 Å². The molecule has 33 heavy (non-hydrogen) atoms. The van der Waals surface area contributed by atoms with Gasteiger partial charge in [0.2, 0.25) is 0 Å². The fourth-order valence-electron chi connectivity index (χ4n) is 4.96. The first-order chi connectivity index (χ1) is 16.1. The number of rotatable bonds is 6. The predicted molar refractivity (Wildman–Crippen MR) is 128 cm³/mol. The van der Waals surface area contributed by atoms with Crippen LogP contribution < -0.4 is 14.8 Å². The topological polar surface area (TPSA) is 59.5 Å². The van der Waals surface area contributed by atoms with Crippen molar-refractivity contribution >= 4 is 34.0 Å². The number of methoxy groups -OCH3 is 1. The Kier molecular flexibility index (Phi) is 6.51. The predicted octanol–water partition coefficient (Wildman–Crippen LogP) is 5.96. The first-order valence-electron chi connectivity index (χ1n) is 11.6. The SMILES string of the molecule is COc1cc2ncnc(Nc3cccc(Cl)c3F)c2cc1O[C@H]1CC[C@H](N2CCCC2)CC1. The lowest BCUT2D eigenvalue weighted by atomic mass is 9.92. The average molecular weight is 471 g/mol. The summed E-state index contributed by atoms with van der Waals surface area (Å²) in [6.07, 6.45) is 8.58. The van der Waals surface area contributed by atoms with Crippen LogP contribution >= 0.6 is 11.6 Å². The summed E-state index contributed by atoms with van der Waals surface area (Å²) >= 11 is 5.94. The van der Waals surface area contributed by atoms with Gasteiger partial charge in [0.05, 0.1) is 29.4 Å². The zero-order chi connectivity index (χ0) is 22.8. The van der Waals surface area contributed by atoms with Crippen LogP contribution in [0.25, 0.3) is 10.9 Å². The number of halogens is 2. The molecule has 1 aromatic heterocycles. The van der Waals surface area contributed by atoms with Crippen molar-refractivity contribution in [2.75, 3.05) is 25.5 Å². The third-order valence-corrected chi connectivity index (χ3v) is 7.01. The molecule has 1 aliphatic carbocycles. The third-order valence-electron chi connectivity index (χ3n) is 6.72. The van der Waals surface area contributed by atoms with Crippen LogP contribution in [0.1, 0.15) is 38.5 Å². The monoisotopic (exact) mass is 470 g/mol. The summed E-state index contributed by atoms with van der Waals surface area (Å²) in [5.74, 6) is 1.24. The molecule has 0 amide bonds. The number of ether oxygens (including phenoxy) is 2. The molecule has 1 aliphatic heterocycles. The molecule has 2 aliphatic rings. The van der Waals surface area contributed by atoms with E-state index in [0.29, 0.717) is 28.9 Å². The number of nitrogens with one attached hydrogen (secondary N) is 1. The van der Waals surface area contributed by atoms with Gasteiger partial charge in [-0.3, -0.25) is 0 Å². The molecular formula is C25H28ClFN4O2. The van der Waals surface area contributed by atoms with E-state index in [9.17, 15) is 4.39 Å². The molecule has 1 saturated heterocycles. The highest BCUT2D eigenvalue weighted by atomic mass is 35.5. The molecule has 0 spiro atoms. The van der Waals surface area contributed by atoms with E-state index in [2.05, 4.69) is 20.2 Å². The first-order valence-corrected chi connectivity index (χ1v) is 11.9. The first kappa shape index (κ1) is 22.2. The van der Waals surface area contributed by atoms with Crippen molar-refractivity contribution in [2.24, 2.45) is 0 Å². The molecular weight excluding hydrogens is 443 g/mol. The molecule has 0 radical (unpaired) electrons. The number of anilines is 2. The van der Waals surface area contributed by atoms with Gasteiger partial charge in [0.15, 0.2) is 17.3 Å². The Morgan fingerprint density at radius 1 is 1.06 bits per heavy atom. The second-order valence-corrected chi connectivity index (χ2v) is 9.17. The Labute approximate surface area is 198 Å². The standard InChI is InChI=1S/C25H28ClFN4O2/c1-32-22-14-21-18(25(29-15-28-21)30-20-6-4-5-19(26)24(20)27)13-23(22)33-17-9-7-16(8-10-17)31-11-2-3-12-31/h4-6,13-17H,2-3,7-12H2,1H3,(H,28,29,30)/t16-,17-. The Balaban J connectivity index is 1.38. The molecule has 3 aromatic rings. The van der Waals surface area contributed by atoms with E-state index in [1.165, 1.54) is 38.3 Å². The van der Waals surface area contributed by atoms with Gasteiger partial charge in [-0.2, -0.15) is 0 Å². The molecule has 174 valence electrons. The van der Waals surface area contributed by atoms with Crippen molar-refractivity contribution in [3.05, 3.63) is 47.5 Å². The minimum Gasteiger partial charge on any atom is -0.493 e. The highest BCUT2D eigenvalue weighted by molar-refractivity contribution is 6.31. The Hall–Kier alpha value is -2.64. The van der Waals surface area contributed by atoms with E-state index in [-0.39, 0.29) is 16.8 Å². The molecule has 0 bridgehead atoms. The molecule has 2 aromatic carbocycles. The van der Waals surface area contributed by atoms with Gasteiger partial charge in [-0.25, -0.2) is 14.4 Å². The number of fused-ring (bicyclic) bond motifs is 1. The van der Waals surface area contributed by atoms with Gasteiger partial charge in [-0.15, -0.1) is 0 Å². The van der Waals surface area contributed by atoms with Crippen LogP contribution in [0.5, 0.6) is 11.5 Å². The summed E-state index contributed by atoms with van der Waals surface area (Å²) < 4.78 is 26.5. The number of hydrogen-bond donors (Lipinski definition) is 1. The van der Waals surface area contributed by atoms with Crippen molar-refractivity contribution in [1.29, 1.82) is 0 Å². The molecule has 0 atom stereocenters. The fraction of sp³-hybridized carbons (Fsp3) is 0.440. The summed E-state index contributed by atoms with van der Waals surface area (Å²) in [4.78, 5) is 11.3. The summed E-state index contributed by atoms with van der Waals surface area (Å²) in [5.41, 5.74) is 0.929. The lowest BCUT2D eigenvalue weighted by molar-refractivity contribution is 0.0978. The largest absolute Gasteiger partial charge is 0.493 e. The maximum atomic E-state index is 14.5. The minimum atomic E-state index is -0.523. The van der Waals surface area contributed by atoms with E-state index < -0.39 is 5.82 Å². The van der Waals surface area contributed by atoms with E-state index in [4.69, 9.17) is 21.1 Å². The summed E-state index contributed by atoms with van der Waals surface area (Å²) in [5, 5.41) is 3.82. The van der Waals surface area contributed by atoms with Crippen LogP contribution in [0.4, 0.5) is 15.9 Å². The molecule has 8 heteroatoms. The summed E-state index contributed by atoms with van der Waals surface area (Å²) in [6, 6.07) is 9.22. The Morgan fingerprint density at radius 2 is 1.85 bits per heavy atom. The number of aromatic nitrogens is 2. The van der Waals surface area contributed by atoms with Gasteiger partial charge in [-0.1, -0.05) is 17.7 Å². The van der Waals surface area contributed by atoms with Crippen LogP contribution in [0.15, 0.2) is 36.7 Å². The van der Waals surface area contributed by atoms with E-state index >= 15 is 0 Å². The molecule has 6 nitrogen and oxygen atoms in total. The van der Waals surface area contributed by atoms with Gasteiger partial charge in [0, 0.05) is 17.5 Å². The Morgan fingerprint density at radius 3 is 2.61 bits per heavy atom. The van der Waals surface area contributed by atoms with Crippen molar-refractivity contribution in [3.8, 4) is 11.5 Å². The van der Waals surface area contributed by atoms with Crippen LogP contribution in [0.2, 0.25) is 5.02 Å². The number of likely N-dealkylation sites (tertiary alicyclic amines) is 1. The Bertz CT molecular complexity index is 1130. The molecule has 1 saturated carbocycles. The van der Waals surface area contributed by atoms with E-state index in [1.54, 1.807) is 19.2 Å². The zero-order valence-corrected chi connectivity index (χ0v) is 19.4. The maximum Gasteiger partial charge on any atom is 0.165 e. The van der Waals surface area contributed by atoms with Crippen LogP contribution in [0.3, 0.4) is 0 Å². The lowest BCUT2D eigenvalue weighted by Crippen LogP contribution is -2.38. The molecule has 2 fully saturated rings. The summed E-state index contributed by atoms with van der Waals surface area (Å²) in [6.45, 7) is 2.47. The van der Waals surface area contributed by atoms with E-state index in [1.807, 2.05) is 12.1 Å². The van der Waals surface area contributed by atoms with Crippen LogP contribution in [-0.4, -0.2) is 47.2 Å². The second kappa shape index (κ2) is 9.69. The van der Waals surface area contributed by atoms with Crippen LogP contribution in [-0.2, 0) is 0 Å². The maximum absolute atomic E-state index is 14.5. The average Bonchev–Trinajstić information content (AvgIpc) is 3.37. The lowest BCUT2D eigenvalue weighted by Gasteiger charge is -2.34. The zero-order valence-electron chi connectivity index (χ0n) is 18.7. The second-order valence-electron chi connectivity index (χ2n) is 8.76. The normalized spacial score (nSPS) is 21.3. The smallest absolute Gasteiger partial charge is 0.165 e. The van der Waals surface area contributed by atoms with Gasteiger partial charge >= 0.3 is 0 Å². The fourth-order valence-corrected chi connectivity index (χ4v) is 5.13. The van der Waals surface area contributed by atoms with Gasteiger partial charge in [0.1, 0.15) is 12.1 Å². The highest BCUT2D eigenvalue weighted by Gasteiger charge is 2.29. The van der Waals surface area contributed by atoms with Crippen molar-refractivity contribution in [2.45, 2.75) is 50.7 Å². The minimum absolute atomic E-state index is 0.0496. The highest BCUT2D eigenvalue weighted by Crippen LogP contribution is 2.38. The molecule has 5 rings (SSSR count). The quantitative estimate of drug-likeness (QED) is 0.479. The van der Waals surface area contributed by atoms with E-state index in [0.717, 1.165) is 31.1 Å². The van der Waals surface area contributed by atoms with Crippen molar-refractivity contribution in [3.63, 3.8) is 0 Å². The van der Waals surface area contributed by atoms with Crippen molar-refractivity contribution < 1.29 is 13.9 Å². The van der Waals surface area contributed by atoms with Gasteiger partial charge in [0.25, 0.3) is 0 Å². The molecule has 0 unspecified atom stereocenters. The number of hydrogen-bond acceptors (Lipinski definition) is 6. The number of benzene rings is 2. The molecule has 1 N–H and O–H groups in total. The summed E-state index contributed by atoms with van der Waals surface area (Å²) in [7, 11) is 1.62. The number of nitrogens with zero attached hydrogens (tertiary/aromatic N) is 3. The molecule has 2 heterocycles. The van der Waals surface area contributed by atoms with Gasteiger partial charge < -0.3 is 19.7 Å². The van der Waals surface area contributed by atoms with Crippen LogP contribution in [0, 0.1) is 5.82 Å². The van der Waals surface area contributed by atoms with Gasteiger partial charge in [-0.05, 0) is 69.8 Å². The third kappa shape index (κ3) is 4.70.